The highest BCUT2D eigenvalue weighted by atomic mass is 79.9. The highest BCUT2D eigenvalue weighted by Gasteiger charge is 2.08. The van der Waals surface area contributed by atoms with Gasteiger partial charge in [0.2, 0.25) is 0 Å². The SMILES string of the molecule is CCOc1cccc(/C(=C\CSc2ccc(OCC(=O)O)cc2Br)c2ccccc2)c1. The summed E-state index contributed by atoms with van der Waals surface area (Å²) < 4.78 is 11.8. The first kappa shape index (κ1) is 23.0. The van der Waals surface area contributed by atoms with Crippen molar-refractivity contribution in [2.45, 2.75) is 11.8 Å². The number of carboxylic acids is 1. The Hall–Kier alpha value is -2.70. The van der Waals surface area contributed by atoms with Crippen LogP contribution in [0.4, 0.5) is 0 Å². The second-order valence-corrected chi connectivity index (χ2v) is 8.45. The molecule has 0 aromatic heterocycles. The number of thioether (sulfide) groups is 1. The Labute approximate surface area is 195 Å². The molecule has 0 fully saturated rings. The summed E-state index contributed by atoms with van der Waals surface area (Å²) in [6, 6.07) is 23.9. The van der Waals surface area contributed by atoms with Crippen LogP contribution < -0.4 is 9.47 Å². The molecule has 0 spiro atoms. The average molecular weight is 499 g/mol. The minimum atomic E-state index is -0.999. The van der Waals surface area contributed by atoms with E-state index in [4.69, 9.17) is 14.6 Å². The van der Waals surface area contributed by atoms with Crippen molar-refractivity contribution in [1.29, 1.82) is 0 Å². The highest BCUT2D eigenvalue weighted by Crippen LogP contribution is 2.33. The number of carboxylic acid groups (broad SMARTS) is 1. The van der Waals surface area contributed by atoms with Gasteiger partial charge in [-0.1, -0.05) is 48.5 Å². The quantitative estimate of drug-likeness (QED) is 0.321. The van der Waals surface area contributed by atoms with Crippen LogP contribution >= 0.6 is 27.7 Å². The minimum Gasteiger partial charge on any atom is -0.494 e. The maximum Gasteiger partial charge on any atom is 0.341 e. The van der Waals surface area contributed by atoms with Crippen LogP contribution in [0.2, 0.25) is 0 Å². The lowest BCUT2D eigenvalue weighted by Crippen LogP contribution is -2.09. The molecule has 0 unspecified atom stereocenters. The summed E-state index contributed by atoms with van der Waals surface area (Å²) in [5.74, 6) is 1.14. The van der Waals surface area contributed by atoms with Crippen molar-refractivity contribution in [2.24, 2.45) is 0 Å². The van der Waals surface area contributed by atoms with Gasteiger partial charge < -0.3 is 14.6 Å². The Morgan fingerprint density at radius 1 is 0.968 bits per heavy atom. The summed E-state index contributed by atoms with van der Waals surface area (Å²) in [4.78, 5) is 11.7. The van der Waals surface area contributed by atoms with E-state index in [0.717, 1.165) is 37.6 Å². The van der Waals surface area contributed by atoms with E-state index in [1.165, 1.54) is 0 Å². The summed E-state index contributed by atoms with van der Waals surface area (Å²) in [5.41, 5.74) is 3.40. The second kappa shape index (κ2) is 11.6. The molecule has 0 heterocycles. The Morgan fingerprint density at radius 2 is 1.71 bits per heavy atom. The second-order valence-electron chi connectivity index (χ2n) is 6.53. The van der Waals surface area contributed by atoms with Gasteiger partial charge in [0.1, 0.15) is 11.5 Å². The molecule has 0 aliphatic heterocycles. The van der Waals surface area contributed by atoms with Crippen molar-refractivity contribution in [2.75, 3.05) is 19.0 Å². The number of rotatable bonds is 10. The van der Waals surface area contributed by atoms with Gasteiger partial charge in [-0.05, 0) is 69.9 Å². The molecule has 3 aromatic rings. The molecule has 0 saturated carbocycles. The number of hydrogen-bond donors (Lipinski definition) is 1. The molecule has 4 nitrogen and oxygen atoms in total. The molecule has 3 aromatic carbocycles. The lowest BCUT2D eigenvalue weighted by molar-refractivity contribution is -0.139. The number of hydrogen-bond acceptors (Lipinski definition) is 4. The zero-order valence-electron chi connectivity index (χ0n) is 17.1. The van der Waals surface area contributed by atoms with Crippen LogP contribution in [0.25, 0.3) is 5.57 Å². The average Bonchev–Trinajstić information content (AvgIpc) is 2.77. The lowest BCUT2D eigenvalue weighted by atomic mass is 9.98. The van der Waals surface area contributed by atoms with Crippen molar-refractivity contribution in [3.63, 3.8) is 0 Å². The maximum absolute atomic E-state index is 10.7. The lowest BCUT2D eigenvalue weighted by Gasteiger charge is -2.12. The van der Waals surface area contributed by atoms with Crippen LogP contribution in [-0.2, 0) is 4.79 Å². The molecule has 0 atom stereocenters. The summed E-state index contributed by atoms with van der Waals surface area (Å²) in [6.45, 7) is 2.25. The summed E-state index contributed by atoms with van der Waals surface area (Å²) in [5, 5.41) is 8.75. The Kier molecular flexibility index (Phi) is 8.62. The van der Waals surface area contributed by atoms with Crippen LogP contribution in [-0.4, -0.2) is 30.0 Å². The van der Waals surface area contributed by atoms with E-state index >= 15 is 0 Å². The molecular weight excluding hydrogens is 476 g/mol. The van der Waals surface area contributed by atoms with Crippen LogP contribution in [0.15, 0.2) is 88.2 Å². The standard InChI is InChI=1S/C25H23BrO4S/c1-2-29-20-10-6-9-19(15-20)22(18-7-4-3-5-8-18)13-14-31-24-12-11-21(16-23(24)26)30-17-25(27)28/h3-13,15-16H,2,14,17H2,1H3,(H,27,28)/b22-13-. The van der Waals surface area contributed by atoms with Crippen molar-refractivity contribution in [1.82, 2.24) is 0 Å². The van der Waals surface area contributed by atoms with Gasteiger partial charge in [0, 0.05) is 15.1 Å². The predicted molar refractivity (Wildman–Crippen MR) is 129 cm³/mol. The molecule has 6 heteroatoms. The number of aliphatic carboxylic acids is 1. The van der Waals surface area contributed by atoms with Crippen molar-refractivity contribution >= 4 is 39.2 Å². The van der Waals surface area contributed by atoms with E-state index in [0.29, 0.717) is 12.4 Å². The number of halogens is 1. The molecule has 0 aliphatic rings. The first-order chi connectivity index (χ1) is 15.1. The van der Waals surface area contributed by atoms with E-state index in [1.54, 1.807) is 23.9 Å². The fraction of sp³-hybridized carbons (Fsp3) is 0.160. The molecule has 0 aliphatic carbocycles. The normalized spacial score (nSPS) is 11.2. The van der Waals surface area contributed by atoms with Crippen molar-refractivity contribution < 1.29 is 19.4 Å². The third-order valence-corrected chi connectivity index (χ3v) is 6.25. The molecule has 0 amide bonds. The van der Waals surface area contributed by atoms with E-state index in [1.807, 2.05) is 43.3 Å². The number of benzene rings is 3. The molecule has 160 valence electrons. The summed E-state index contributed by atoms with van der Waals surface area (Å²) in [6.07, 6.45) is 2.21. The van der Waals surface area contributed by atoms with Crippen LogP contribution in [0.3, 0.4) is 0 Å². The first-order valence-electron chi connectivity index (χ1n) is 9.82. The van der Waals surface area contributed by atoms with E-state index < -0.39 is 5.97 Å². The zero-order chi connectivity index (χ0) is 22.1. The van der Waals surface area contributed by atoms with E-state index in [2.05, 4.69) is 46.3 Å². The summed E-state index contributed by atoms with van der Waals surface area (Å²) in [7, 11) is 0. The zero-order valence-corrected chi connectivity index (χ0v) is 19.5. The molecular formula is C25H23BrO4S. The number of ether oxygens (including phenoxy) is 2. The molecule has 0 bridgehead atoms. The van der Waals surface area contributed by atoms with Gasteiger partial charge in [0.15, 0.2) is 6.61 Å². The van der Waals surface area contributed by atoms with Crippen molar-refractivity contribution in [3.8, 4) is 11.5 Å². The Morgan fingerprint density at radius 3 is 2.42 bits per heavy atom. The maximum atomic E-state index is 10.7. The molecule has 3 rings (SSSR count). The monoisotopic (exact) mass is 498 g/mol. The molecule has 1 N–H and O–H groups in total. The fourth-order valence-corrected chi connectivity index (χ4v) is 4.48. The highest BCUT2D eigenvalue weighted by molar-refractivity contribution is 9.10. The largest absolute Gasteiger partial charge is 0.494 e. The van der Waals surface area contributed by atoms with Gasteiger partial charge in [-0.15, -0.1) is 11.8 Å². The Bertz CT molecular complexity index is 1050. The van der Waals surface area contributed by atoms with Gasteiger partial charge in [0.25, 0.3) is 0 Å². The van der Waals surface area contributed by atoms with Gasteiger partial charge in [-0.2, -0.15) is 0 Å². The Balaban J connectivity index is 1.79. The molecule has 31 heavy (non-hydrogen) atoms. The van der Waals surface area contributed by atoms with Gasteiger partial charge in [-0.25, -0.2) is 4.79 Å². The topological polar surface area (TPSA) is 55.8 Å². The fourth-order valence-electron chi connectivity index (χ4n) is 2.99. The first-order valence-corrected chi connectivity index (χ1v) is 11.6. The number of carbonyl (C=O) groups is 1. The van der Waals surface area contributed by atoms with Crippen LogP contribution in [0.5, 0.6) is 11.5 Å². The van der Waals surface area contributed by atoms with Crippen molar-refractivity contribution in [3.05, 3.63) is 94.5 Å². The van der Waals surface area contributed by atoms with Crippen LogP contribution in [0.1, 0.15) is 18.1 Å². The predicted octanol–water partition coefficient (Wildman–Crippen LogP) is 6.54. The third-order valence-electron chi connectivity index (χ3n) is 4.33. The molecule has 0 radical (unpaired) electrons. The van der Waals surface area contributed by atoms with Gasteiger partial charge >= 0.3 is 5.97 Å². The summed E-state index contributed by atoms with van der Waals surface area (Å²) >= 11 is 5.24. The van der Waals surface area contributed by atoms with E-state index in [9.17, 15) is 4.79 Å². The van der Waals surface area contributed by atoms with E-state index in [-0.39, 0.29) is 6.61 Å². The van der Waals surface area contributed by atoms with Crippen LogP contribution in [0, 0.1) is 0 Å². The van der Waals surface area contributed by atoms with Gasteiger partial charge in [-0.3, -0.25) is 0 Å². The molecule has 0 saturated heterocycles. The van der Waals surface area contributed by atoms with Gasteiger partial charge in [0.05, 0.1) is 6.61 Å². The smallest absolute Gasteiger partial charge is 0.341 e. The third kappa shape index (κ3) is 6.91. The minimum absolute atomic E-state index is 0.358.